The predicted molar refractivity (Wildman–Crippen MR) is 101 cm³/mol. The van der Waals surface area contributed by atoms with Crippen molar-refractivity contribution in [2.24, 2.45) is 0 Å². The number of aromatic hydroxyl groups is 1. The SMILES string of the molecule is CC[C@H](C)OC(=O)CN1C(=O)S/C(=C/c2cc(Br)c(O)c(OC)c2)C1=O. The average Bonchev–Trinajstić information content (AvgIpc) is 2.85. The number of methoxy groups -OCH3 is 1. The Kier molecular flexibility index (Phi) is 6.71. The molecule has 0 radical (unpaired) electrons. The zero-order chi connectivity index (χ0) is 19.4. The number of imide groups is 1. The van der Waals surface area contributed by atoms with Crippen molar-refractivity contribution in [3.63, 3.8) is 0 Å². The van der Waals surface area contributed by atoms with Gasteiger partial charge in [0, 0.05) is 0 Å². The van der Waals surface area contributed by atoms with Crippen LogP contribution in [0.15, 0.2) is 21.5 Å². The second-order valence-corrected chi connectivity index (χ2v) is 7.38. The molecule has 1 fully saturated rings. The van der Waals surface area contributed by atoms with Crippen molar-refractivity contribution in [2.75, 3.05) is 13.7 Å². The molecule has 1 aliphatic rings. The third kappa shape index (κ3) is 4.59. The van der Waals surface area contributed by atoms with Gasteiger partial charge in [-0.15, -0.1) is 0 Å². The number of carbonyl (C=O) groups is 3. The summed E-state index contributed by atoms with van der Waals surface area (Å²) in [6.45, 7) is 3.18. The van der Waals surface area contributed by atoms with Gasteiger partial charge < -0.3 is 14.6 Å². The summed E-state index contributed by atoms with van der Waals surface area (Å²) in [5, 5.41) is 9.30. The number of phenolic OH excluding ortho intramolecular Hbond substituents is 1. The molecule has 26 heavy (non-hydrogen) atoms. The molecule has 7 nitrogen and oxygen atoms in total. The number of hydrogen-bond donors (Lipinski definition) is 1. The predicted octanol–water partition coefficient (Wildman–Crippen LogP) is 3.54. The second kappa shape index (κ2) is 8.59. The molecule has 1 atom stereocenters. The zero-order valence-electron chi connectivity index (χ0n) is 14.4. The van der Waals surface area contributed by atoms with Crippen molar-refractivity contribution in [1.29, 1.82) is 0 Å². The average molecular weight is 444 g/mol. The molecule has 0 bridgehead atoms. The molecule has 0 spiro atoms. The summed E-state index contributed by atoms with van der Waals surface area (Å²) in [5.41, 5.74) is 0.555. The fourth-order valence-corrected chi connectivity index (χ4v) is 3.39. The van der Waals surface area contributed by atoms with Crippen LogP contribution in [-0.4, -0.2) is 46.9 Å². The van der Waals surface area contributed by atoms with E-state index in [9.17, 15) is 19.5 Å². The topological polar surface area (TPSA) is 93.1 Å². The Bertz CT molecular complexity index is 779. The zero-order valence-corrected chi connectivity index (χ0v) is 16.8. The molecular formula is C17H18BrNO6S. The third-order valence-electron chi connectivity index (χ3n) is 3.64. The largest absolute Gasteiger partial charge is 0.503 e. The summed E-state index contributed by atoms with van der Waals surface area (Å²) < 4.78 is 10.6. The van der Waals surface area contributed by atoms with E-state index >= 15 is 0 Å². The molecule has 1 aliphatic heterocycles. The lowest BCUT2D eigenvalue weighted by atomic mass is 10.2. The van der Waals surface area contributed by atoms with Crippen LogP contribution in [-0.2, 0) is 14.3 Å². The molecule has 0 saturated carbocycles. The summed E-state index contributed by atoms with van der Waals surface area (Å²) in [7, 11) is 1.40. The molecule has 0 unspecified atom stereocenters. The number of esters is 1. The minimum atomic E-state index is -0.628. The number of amides is 2. The van der Waals surface area contributed by atoms with Crippen LogP contribution in [0.1, 0.15) is 25.8 Å². The summed E-state index contributed by atoms with van der Waals surface area (Å²) in [6, 6.07) is 3.12. The Morgan fingerprint density at radius 3 is 2.73 bits per heavy atom. The maximum atomic E-state index is 12.4. The van der Waals surface area contributed by atoms with E-state index < -0.39 is 23.7 Å². The van der Waals surface area contributed by atoms with Gasteiger partial charge in [-0.25, -0.2) is 0 Å². The van der Waals surface area contributed by atoms with Gasteiger partial charge in [-0.05, 0) is 64.8 Å². The Morgan fingerprint density at radius 2 is 2.12 bits per heavy atom. The van der Waals surface area contributed by atoms with Crippen molar-refractivity contribution in [1.82, 2.24) is 4.90 Å². The first-order valence-electron chi connectivity index (χ1n) is 7.78. The van der Waals surface area contributed by atoms with Gasteiger partial charge in [0.2, 0.25) is 0 Å². The Morgan fingerprint density at radius 1 is 1.42 bits per heavy atom. The summed E-state index contributed by atoms with van der Waals surface area (Å²) in [6.07, 6.45) is 1.86. The molecule has 2 amide bonds. The standard InChI is InChI=1S/C17H18BrNO6S/c1-4-9(2)25-14(20)8-19-16(22)13(26-17(19)23)7-10-5-11(18)15(21)12(6-10)24-3/h5-7,9,21H,4,8H2,1-3H3/b13-7+/t9-/m0/s1. The van der Waals surface area contributed by atoms with Crippen LogP contribution in [0, 0.1) is 0 Å². The molecule has 1 aromatic carbocycles. The summed E-state index contributed by atoms with van der Waals surface area (Å²) >= 11 is 3.94. The van der Waals surface area contributed by atoms with E-state index in [0.717, 1.165) is 16.7 Å². The van der Waals surface area contributed by atoms with E-state index in [1.165, 1.54) is 19.3 Å². The molecular weight excluding hydrogens is 426 g/mol. The molecule has 1 heterocycles. The lowest BCUT2D eigenvalue weighted by molar-refractivity contribution is -0.150. The van der Waals surface area contributed by atoms with E-state index in [-0.39, 0.29) is 22.5 Å². The number of hydrogen-bond acceptors (Lipinski definition) is 7. The highest BCUT2D eigenvalue weighted by Gasteiger charge is 2.36. The molecule has 9 heteroatoms. The summed E-state index contributed by atoms with van der Waals surface area (Å²) in [5.74, 6) is -1.03. The number of benzene rings is 1. The minimum Gasteiger partial charge on any atom is -0.503 e. The van der Waals surface area contributed by atoms with Gasteiger partial charge in [0.05, 0.1) is 22.6 Å². The van der Waals surface area contributed by atoms with Crippen LogP contribution in [0.4, 0.5) is 4.79 Å². The molecule has 2 rings (SSSR count). The number of carbonyl (C=O) groups excluding carboxylic acids is 3. The molecule has 1 N–H and O–H groups in total. The Labute approximate surface area is 163 Å². The van der Waals surface area contributed by atoms with E-state index in [2.05, 4.69) is 15.9 Å². The quantitative estimate of drug-likeness (QED) is 0.530. The van der Waals surface area contributed by atoms with E-state index in [4.69, 9.17) is 9.47 Å². The normalized spacial score (nSPS) is 16.9. The molecule has 0 aliphatic carbocycles. The molecule has 0 aromatic heterocycles. The second-order valence-electron chi connectivity index (χ2n) is 5.53. The van der Waals surface area contributed by atoms with Gasteiger partial charge in [0.25, 0.3) is 11.1 Å². The van der Waals surface area contributed by atoms with Crippen LogP contribution < -0.4 is 4.74 Å². The molecule has 1 saturated heterocycles. The number of phenols is 1. The van der Waals surface area contributed by atoms with Crippen molar-refractivity contribution in [2.45, 2.75) is 26.4 Å². The first-order chi connectivity index (χ1) is 12.3. The maximum absolute atomic E-state index is 12.4. The van der Waals surface area contributed by atoms with Gasteiger partial charge in [0.1, 0.15) is 6.54 Å². The number of rotatable bonds is 6. The van der Waals surface area contributed by atoms with Crippen LogP contribution in [0.25, 0.3) is 6.08 Å². The smallest absolute Gasteiger partial charge is 0.326 e. The van der Waals surface area contributed by atoms with Crippen molar-refractivity contribution >= 4 is 50.9 Å². The van der Waals surface area contributed by atoms with Crippen molar-refractivity contribution in [3.05, 3.63) is 27.1 Å². The molecule has 1 aromatic rings. The van der Waals surface area contributed by atoms with Crippen molar-refractivity contribution in [3.8, 4) is 11.5 Å². The first-order valence-corrected chi connectivity index (χ1v) is 9.39. The van der Waals surface area contributed by atoms with Crippen LogP contribution in [0.2, 0.25) is 0 Å². The van der Waals surface area contributed by atoms with Gasteiger partial charge in [-0.2, -0.15) is 0 Å². The first kappa shape index (κ1) is 20.3. The maximum Gasteiger partial charge on any atom is 0.326 e. The van der Waals surface area contributed by atoms with Crippen LogP contribution in [0.5, 0.6) is 11.5 Å². The number of thioether (sulfide) groups is 1. The lowest BCUT2D eigenvalue weighted by Gasteiger charge is -2.14. The van der Waals surface area contributed by atoms with Gasteiger partial charge >= 0.3 is 5.97 Å². The third-order valence-corrected chi connectivity index (χ3v) is 5.15. The highest BCUT2D eigenvalue weighted by atomic mass is 79.9. The molecule has 140 valence electrons. The van der Waals surface area contributed by atoms with E-state index in [1.54, 1.807) is 13.0 Å². The highest BCUT2D eigenvalue weighted by Crippen LogP contribution is 2.38. The summed E-state index contributed by atoms with van der Waals surface area (Å²) in [4.78, 5) is 37.4. The van der Waals surface area contributed by atoms with Crippen LogP contribution >= 0.6 is 27.7 Å². The minimum absolute atomic E-state index is 0.0643. The highest BCUT2D eigenvalue weighted by molar-refractivity contribution is 9.10. The van der Waals surface area contributed by atoms with Gasteiger partial charge in [-0.3, -0.25) is 19.3 Å². The van der Waals surface area contributed by atoms with E-state index in [0.29, 0.717) is 16.5 Å². The van der Waals surface area contributed by atoms with Gasteiger partial charge in [-0.1, -0.05) is 6.92 Å². The fraction of sp³-hybridized carbons (Fsp3) is 0.353. The Balaban J connectivity index is 2.19. The van der Waals surface area contributed by atoms with Gasteiger partial charge in [0.15, 0.2) is 11.5 Å². The number of halogens is 1. The van der Waals surface area contributed by atoms with E-state index in [1.807, 2.05) is 6.92 Å². The Hall–Kier alpha value is -2.00. The van der Waals surface area contributed by atoms with Crippen LogP contribution in [0.3, 0.4) is 0 Å². The number of ether oxygens (including phenoxy) is 2. The number of nitrogens with zero attached hydrogens (tertiary/aromatic N) is 1. The monoisotopic (exact) mass is 443 g/mol. The van der Waals surface area contributed by atoms with Crippen molar-refractivity contribution < 1.29 is 29.0 Å². The lowest BCUT2D eigenvalue weighted by Crippen LogP contribution is -2.35. The fourth-order valence-electron chi connectivity index (χ4n) is 2.09.